The summed E-state index contributed by atoms with van der Waals surface area (Å²) in [6, 6.07) is 2.10. The van der Waals surface area contributed by atoms with Gasteiger partial charge in [-0.2, -0.15) is 5.10 Å². The second-order valence-corrected chi connectivity index (χ2v) is 10.7. The molecule has 1 saturated carbocycles. The van der Waals surface area contributed by atoms with E-state index >= 15 is 0 Å². The Morgan fingerprint density at radius 1 is 1.21 bits per heavy atom. The molecular formula is C24H34ClFN6O. The maximum Gasteiger partial charge on any atom is 0.227 e. The molecule has 33 heavy (non-hydrogen) atoms. The fourth-order valence-electron chi connectivity index (χ4n) is 5.78. The molecule has 0 bridgehead atoms. The van der Waals surface area contributed by atoms with Crippen LogP contribution in [0.5, 0.6) is 0 Å². The summed E-state index contributed by atoms with van der Waals surface area (Å²) in [5.74, 6) is 0.363. The van der Waals surface area contributed by atoms with Crippen molar-refractivity contribution in [2.24, 2.45) is 17.6 Å². The quantitative estimate of drug-likeness (QED) is 0.684. The Labute approximate surface area is 199 Å². The van der Waals surface area contributed by atoms with Gasteiger partial charge < -0.3 is 15.5 Å². The molecule has 9 heteroatoms. The smallest absolute Gasteiger partial charge is 0.227 e. The van der Waals surface area contributed by atoms with Gasteiger partial charge in [0.1, 0.15) is 12.0 Å². The van der Waals surface area contributed by atoms with Gasteiger partial charge in [0.25, 0.3) is 0 Å². The fraction of sp³-hybridized carbons (Fsp3) is 0.708. The van der Waals surface area contributed by atoms with Crippen LogP contribution in [0.4, 0.5) is 10.2 Å². The number of hydrogen-bond acceptors (Lipinski definition) is 5. The molecule has 3 aliphatic rings. The van der Waals surface area contributed by atoms with E-state index in [4.69, 9.17) is 27.4 Å². The lowest BCUT2D eigenvalue weighted by Gasteiger charge is -2.41. The summed E-state index contributed by atoms with van der Waals surface area (Å²) in [6.07, 6.45) is 5.84. The van der Waals surface area contributed by atoms with E-state index in [0.29, 0.717) is 19.4 Å². The summed E-state index contributed by atoms with van der Waals surface area (Å²) >= 11 is 6.58. The van der Waals surface area contributed by atoms with Gasteiger partial charge >= 0.3 is 0 Å². The summed E-state index contributed by atoms with van der Waals surface area (Å²) in [7, 11) is 0. The standard InChI is InChI=1S/C24H34ClFN6O/c1-14-12-32-21(28-23(14)30-10-8-16(27)13-30)11-19(29-32)20-5-3-4-9-31(20)24(33)17-6-7-18(26)15(2)22(17)25/h11-12,15-18,20,22H,3-10,13,27H2,1-2H3/t15?,16-,17?,18?,20-,22?/m0/s1. The summed E-state index contributed by atoms with van der Waals surface area (Å²) in [5.41, 5.74) is 8.81. The molecule has 2 saturated heterocycles. The van der Waals surface area contributed by atoms with E-state index < -0.39 is 11.5 Å². The number of alkyl halides is 2. The number of halogens is 2. The zero-order valence-electron chi connectivity index (χ0n) is 19.5. The second kappa shape index (κ2) is 9.02. The van der Waals surface area contributed by atoms with Crippen molar-refractivity contribution in [3.63, 3.8) is 0 Å². The van der Waals surface area contributed by atoms with Crippen LogP contribution >= 0.6 is 11.6 Å². The molecule has 1 amide bonds. The van der Waals surface area contributed by atoms with Gasteiger partial charge in [-0.1, -0.05) is 6.92 Å². The van der Waals surface area contributed by atoms with E-state index in [-0.39, 0.29) is 29.8 Å². The molecule has 2 aromatic heterocycles. The summed E-state index contributed by atoms with van der Waals surface area (Å²) in [4.78, 5) is 22.7. The Morgan fingerprint density at radius 2 is 2.03 bits per heavy atom. The molecule has 7 nitrogen and oxygen atoms in total. The average Bonchev–Trinajstić information content (AvgIpc) is 3.42. The van der Waals surface area contributed by atoms with Gasteiger partial charge in [-0.05, 0) is 45.4 Å². The van der Waals surface area contributed by atoms with Crippen LogP contribution in [0.15, 0.2) is 12.3 Å². The van der Waals surface area contributed by atoms with Crippen molar-refractivity contribution < 1.29 is 9.18 Å². The van der Waals surface area contributed by atoms with Crippen LogP contribution in [0.2, 0.25) is 0 Å². The van der Waals surface area contributed by atoms with Gasteiger partial charge in [-0.3, -0.25) is 4.79 Å². The number of aromatic nitrogens is 3. The topological polar surface area (TPSA) is 79.8 Å². The first-order chi connectivity index (χ1) is 15.8. The fourth-order valence-corrected chi connectivity index (χ4v) is 6.18. The molecule has 0 spiro atoms. The third-order valence-electron chi connectivity index (χ3n) is 7.80. The number of rotatable bonds is 3. The second-order valence-electron chi connectivity index (χ2n) is 10.2. The highest BCUT2D eigenvalue weighted by Crippen LogP contribution is 2.39. The van der Waals surface area contributed by atoms with Crippen LogP contribution in [-0.2, 0) is 4.79 Å². The molecule has 2 aliphatic heterocycles. The van der Waals surface area contributed by atoms with E-state index in [1.54, 1.807) is 0 Å². The molecule has 5 rings (SSSR count). The monoisotopic (exact) mass is 476 g/mol. The summed E-state index contributed by atoms with van der Waals surface area (Å²) in [5, 5.41) is 4.36. The molecule has 4 heterocycles. The summed E-state index contributed by atoms with van der Waals surface area (Å²) in [6.45, 7) is 6.28. The first-order valence-corrected chi connectivity index (χ1v) is 12.7. The van der Waals surface area contributed by atoms with Gasteiger partial charge in [-0.25, -0.2) is 13.9 Å². The van der Waals surface area contributed by atoms with E-state index in [9.17, 15) is 9.18 Å². The molecule has 4 unspecified atom stereocenters. The minimum Gasteiger partial charge on any atom is -0.355 e. The number of aryl methyl sites for hydroxylation is 1. The van der Waals surface area contributed by atoms with Crippen molar-refractivity contribution in [1.29, 1.82) is 0 Å². The number of carbonyl (C=O) groups is 1. The molecule has 0 radical (unpaired) electrons. The van der Waals surface area contributed by atoms with Gasteiger partial charge in [0.05, 0.1) is 23.0 Å². The SMILES string of the molecule is Cc1cn2nc([C@@H]3CCCCN3C(=O)C3CCC(F)C(C)C3Cl)cc2nc1N1CC[C@H](N)C1. The number of likely N-dealkylation sites (tertiary alicyclic amines) is 1. The molecule has 2 N–H and O–H groups in total. The number of piperidine rings is 1. The van der Waals surface area contributed by atoms with E-state index in [1.807, 2.05) is 35.5 Å². The van der Waals surface area contributed by atoms with E-state index in [2.05, 4.69) is 4.90 Å². The molecular weight excluding hydrogens is 443 g/mol. The number of carbonyl (C=O) groups excluding carboxylic acids is 1. The minimum atomic E-state index is -0.930. The molecule has 3 fully saturated rings. The number of nitrogens with two attached hydrogens (primary N) is 1. The molecule has 180 valence electrons. The molecule has 1 aliphatic carbocycles. The largest absolute Gasteiger partial charge is 0.355 e. The van der Waals surface area contributed by atoms with Crippen LogP contribution < -0.4 is 10.6 Å². The van der Waals surface area contributed by atoms with Crippen LogP contribution in [0, 0.1) is 18.8 Å². The van der Waals surface area contributed by atoms with Crippen molar-refractivity contribution in [3.8, 4) is 0 Å². The highest BCUT2D eigenvalue weighted by molar-refractivity contribution is 6.22. The Morgan fingerprint density at radius 3 is 2.79 bits per heavy atom. The van der Waals surface area contributed by atoms with Gasteiger partial charge in [0.2, 0.25) is 5.91 Å². The van der Waals surface area contributed by atoms with Crippen molar-refractivity contribution in [1.82, 2.24) is 19.5 Å². The summed E-state index contributed by atoms with van der Waals surface area (Å²) < 4.78 is 15.9. The maximum atomic E-state index is 14.1. The zero-order valence-corrected chi connectivity index (χ0v) is 20.2. The lowest BCUT2D eigenvalue weighted by atomic mass is 9.79. The van der Waals surface area contributed by atoms with Gasteiger partial charge in [0, 0.05) is 49.4 Å². The van der Waals surface area contributed by atoms with Crippen LogP contribution in [0.3, 0.4) is 0 Å². The number of nitrogens with zero attached hydrogens (tertiary/aromatic N) is 5. The maximum absolute atomic E-state index is 14.1. The van der Waals surface area contributed by atoms with Gasteiger partial charge in [-0.15, -0.1) is 11.6 Å². The van der Waals surface area contributed by atoms with Crippen LogP contribution in [0.25, 0.3) is 5.65 Å². The molecule has 6 atom stereocenters. The number of amides is 1. The minimum absolute atomic E-state index is 0.0476. The number of fused-ring (bicyclic) bond motifs is 1. The van der Waals surface area contributed by atoms with Crippen LogP contribution in [0.1, 0.15) is 62.7 Å². The lowest BCUT2D eigenvalue weighted by molar-refractivity contribution is -0.141. The van der Waals surface area contributed by atoms with Crippen molar-refractivity contribution >= 4 is 29.0 Å². The van der Waals surface area contributed by atoms with Crippen molar-refractivity contribution in [2.75, 3.05) is 24.5 Å². The average molecular weight is 477 g/mol. The highest BCUT2D eigenvalue weighted by Gasteiger charge is 2.43. The molecule has 2 aromatic rings. The van der Waals surface area contributed by atoms with Gasteiger partial charge in [0.15, 0.2) is 5.65 Å². The Kier molecular flexibility index (Phi) is 6.25. The van der Waals surface area contributed by atoms with E-state index in [0.717, 1.165) is 61.5 Å². The Bertz CT molecular complexity index is 1030. The third-order valence-corrected chi connectivity index (χ3v) is 8.50. The lowest BCUT2D eigenvalue weighted by Crippen LogP contribution is -2.48. The normalized spacial score (nSPS) is 33.1. The van der Waals surface area contributed by atoms with Crippen LogP contribution in [-0.4, -0.2) is 62.6 Å². The first-order valence-electron chi connectivity index (χ1n) is 12.3. The highest BCUT2D eigenvalue weighted by atomic mass is 35.5. The number of anilines is 1. The Hall–Kier alpha value is -1.93. The Balaban J connectivity index is 1.42. The predicted molar refractivity (Wildman–Crippen MR) is 127 cm³/mol. The predicted octanol–water partition coefficient (Wildman–Crippen LogP) is 3.62. The number of hydrogen-bond donors (Lipinski definition) is 1. The third kappa shape index (κ3) is 4.20. The zero-order chi connectivity index (χ0) is 23.3. The van der Waals surface area contributed by atoms with Crippen molar-refractivity contribution in [3.05, 3.63) is 23.5 Å². The first kappa shape index (κ1) is 22.8. The van der Waals surface area contributed by atoms with Crippen molar-refractivity contribution in [2.45, 2.75) is 76.0 Å². The van der Waals surface area contributed by atoms with E-state index in [1.165, 1.54) is 0 Å². The molecule has 0 aromatic carbocycles.